The van der Waals surface area contributed by atoms with Crippen LogP contribution < -0.4 is 9.46 Å². The van der Waals surface area contributed by atoms with Gasteiger partial charge in [0.05, 0.1) is 22.6 Å². The summed E-state index contributed by atoms with van der Waals surface area (Å²) in [6.07, 6.45) is 0. The summed E-state index contributed by atoms with van der Waals surface area (Å²) in [6.45, 7) is 5.07. The highest BCUT2D eigenvalue weighted by Crippen LogP contribution is 2.31. The van der Waals surface area contributed by atoms with Gasteiger partial charge in [-0.05, 0) is 49.6 Å². The van der Waals surface area contributed by atoms with E-state index in [9.17, 15) is 18.5 Å². The van der Waals surface area contributed by atoms with Crippen molar-refractivity contribution in [1.82, 2.24) is 0 Å². The van der Waals surface area contributed by atoms with Crippen molar-refractivity contribution in [3.05, 3.63) is 57.1 Å². The lowest BCUT2D eigenvalue weighted by Gasteiger charge is -2.14. The summed E-state index contributed by atoms with van der Waals surface area (Å²) in [6, 6.07) is 7.49. The average Bonchev–Trinajstić information content (AvgIpc) is 2.49. The zero-order valence-electron chi connectivity index (χ0n) is 13.8. The van der Waals surface area contributed by atoms with Crippen molar-refractivity contribution in [2.24, 2.45) is 0 Å². The molecule has 0 aliphatic rings. The first kappa shape index (κ1) is 17.7. The normalized spacial score (nSPS) is 11.2. The SMILES string of the molecule is COc1ccc(C)cc1NS(=O)(=O)c1cc([N+](=O)[O-])cc(C)c1C. The van der Waals surface area contributed by atoms with Gasteiger partial charge in [-0.2, -0.15) is 0 Å². The number of sulfonamides is 1. The molecule has 2 rings (SSSR count). The first-order chi connectivity index (χ1) is 11.2. The van der Waals surface area contributed by atoms with Gasteiger partial charge in [0, 0.05) is 12.1 Å². The molecule has 0 fully saturated rings. The molecule has 128 valence electrons. The van der Waals surface area contributed by atoms with Crippen LogP contribution in [0, 0.1) is 30.9 Å². The van der Waals surface area contributed by atoms with Crippen molar-refractivity contribution in [3.63, 3.8) is 0 Å². The third-order valence-electron chi connectivity index (χ3n) is 3.70. The molecule has 0 aliphatic carbocycles. The zero-order valence-corrected chi connectivity index (χ0v) is 14.6. The maximum absolute atomic E-state index is 12.7. The molecule has 0 bridgehead atoms. The monoisotopic (exact) mass is 350 g/mol. The predicted molar refractivity (Wildman–Crippen MR) is 91.1 cm³/mol. The first-order valence-electron chi connectivity index (χ1n) is 7.09. The van der Waals surface area contributed by atoms with Crippen molar-refractivity contribution in [3.8, 4) is 5.75 Å². The first-order valence-corrected chi connectivity index (χ1v) is 8.57. The number of hydrogen-bond acceptors (Lipinski definition) is 5. The minimum Gasteiger partial charge on any atom is -0.495 e. The van der Waals surface area contributed by atoms with Crippen LogP contribution >= 0.6 is 0 Å². The Kier molecular flexibility index (Phi) is 4.79. The lowest BCUT2D eigenvalue weighted by Crippen LogP contribution is -2.16. The molecular weight excluding hydrogens is 332 g/mol. The lowest BCUT2D eigenvalue weighted by atomic mass is 10.1. The van der Waals surface area contributed by atoms with E-state index in [0.717, 1.165) is 11.6 Å². The standard InChI is InChI=1S/C16H18N2O5S/c1-10-5-6-15(23-4)14(7-10)17-24(21,22)16-9-13(18(19)20)8-11(2)12(16)3/h5-9,17H,1-4H3. The minimum absolute atomic E-state index is 0.127. The van der Waals surface area contributed by atoms with Crippen molar-refractivity contribution < 1.29 is 18.1 Å². The van der Waals surface area contributed by atoms with Gasteiger partial charge in [0.2, 0.25) is 0 Å². The lowest BCUT2D eigenvalue weighted by molar-refractivity contribution is -0.385. The van der Waals surface area contributed by atoms with Crippen LogP contribution in [0.25, 0.3) is 0 Å². The number of non-ortho nitro benzene ring substituents is 1. The summed E-state index contributed by atoms with van der Waals surface area (Å²) in [5, 5.41) is 11.0. The van der Waals surface area contributed by atoms with Gasteiger partial charge in [-0.1, -0.05) is 6.07 Å². The van der Waals surface area contributed by atoms with Gasteiger partial charge in [-0.15, -0.1) is 0 Å². The summed E-state index contributed by atoms with van der Waals surface area (Å²) >= 11 is 0. The highest BCUT2D eigenvalue weighted by molar-refractivity contribution is 7.92. The van der Waals surface area contributed by atoms with Crippen LogP contribution in [0.2, 0.25) is 0 Å². The smallest absolute Gasteiger partial charge is 0.271 e. The molecule has 0 atom stereocenters. The van der Waals surface area contributed by atoms with Gasteiger partial charge >= 0.3 is 0 Å². The molecule has 0 aromatic heterocycles. The number of hydrogen-bond donors (Lipinski definition) is 1. The zero-order chi connectivity index (χ0) is 18.1. The van der Waals surface area contributed by atoms with Gasteiger partial charge in [-0.3, -0.25) is 14.8 Å². The fourth-order valence-electron chi connectivity index (χ4n) is 2.29. The maximum atomic E-state index is 12.7. The second kappa shape index (κ2) is 6.48. The highest BCUT2D eigenvalue weighted by atomic mass is 32.2. The Bertz CT molecular complexity index is 907. The largest absolute Gasteiger partial charge is 0.495 e. The Morgan fingerprint density at radius 1 is 1.12 bits per heavy atom. The number of nitrogens with zero attached hydrogens (tertiary/aromatic N) is 1. The van der Waals surface area contributed by atoms with E-state index < -0.39 is 14.9 Å². The van der Waals surface area contributed by atoms with Crippen LogP contribution in [0.1, 0.15) is 16.7 Å². The van der Waals surface area contributed by atoms with E-state index in [1.165, 1.54) is 13.2 Å². The van der Waals surface area contributed by atoms with E-state index in [1.54, 1.807) is 32.0 Å². The number of nitro groups is 1. The van der Waals surface area contributed by atoms with E-state index in [0.29, 0.717) is 16.9 Å². The molecule has 1 N–H and O–H groups in total. The van der Waals surface area contributed by atoms with Crippen molar-refractivity contribution in [2.45, 2.75) is 25.7 Å². The molecule has 0 aliphatic heterocycles. The Labute approximate surface area is 140 Å². The van der Waals surface area contributed by atoms with Crippen LogP contribution in [0.5, 0.6) is 5.75 Å². The summed E-state index contributed by atoms with van der Waals surface area (Å²) in [5.74, 6) is 0.365. The molecule has 24 heavy (non-hydrogen) atoms. The van der Waals surface area contributed by atoms with Crippen molar-refractivity contribution in [1.29, 1.82) is 0 Å². The summed E-state index contributed by atoms with van der Waals surface area (Å²) in [4.78, 5) is 10.3. The number of nitrogens with one attached hydrogen (secondary N) is 1. The molecule has 7 nitrogen and oxygen atoms in total. The molecule has 0 radical (unpaired) electrons. The molecule has 2 aromatic carbocycles. The third-order valence-corrected chi connectivity index (χ3v) is 5.20. The number of rotatable bonds is 5. The molecule has 0 saturated carbocycles. The van der Waals surface area contributed by atoms with Crippen molar-refractivity contribution >= 4 is 21.4 Å². The Balaban J connectivity index is 2.56. The Hall–Kier alpha value is -2.61. The van der Waals surface area contributed by atoms with Crippen LogP contribution in [-0.2, 0) is 10.0 Å². The fourth-order valence-corrected chi connectivity index (χ4v) is 3.69. The van der Waals surface area contributed by atoms with E-state index in [2.05, 4.69) is 4.72 Å². The van der Waals surface area contributed by atoms with Gasteiger partial charge in [0.15, 0.2) is 0 Å². The third kappa shape index (κ3) is 3.48. The van der Waals surface area contributed by atoms with E-state index >= 15 is 0 Å². The Morgan fingerprint density at radius 3 is 2.38 bits per heavy atom. The van der Waals surface area contributed by atoms with Crippen molar-refractivity contribution in [2.75, 3.05) is 11.8 Å². The maximum Gasteiger partial charge on any atom is 0.271 e. The summed E-state index contributed by atoms with van der Waals surface area (Å²) in [7, 11) is -2.57. The second-order valence-corrected chi connectivity index (χ2v) is 7.10. The number of anilines is 1. The number of methoxy groups -OCH3 is 1. The van der Waals surface area contributed by atoms with Gasteiger partial charge < -0.3 is 4.74 Å². The highest BCUT2D eigenvalue weighted by Gasteiger charge is 2.23. The van der Waals surface area contributed by atoms with Crippen LogP contribution in [0.4, 0.5) is 11.4 Å². The number of aryl methyl sites for hydroxylation is 2. The van der Waals surface area contributed by atoms with Gasteiger partial charge in [-0.25, -0.2) is 8.42 Å². The number of ether oxygens (including phenoxy) is 1. The Morgan fingerprint density at radius 2 is 1.79 bits per heavy atom. The average molecular weight is 350 g/mol. The molecule has 0 amide bonds. The molecule has 0 saturated heterocycles. The number of benzene rings is 2. The van der Waals surface area contributed by atoms with Crippen LogP contribution in [0.15, 0.2) is 35.2 Å². The molecular formula is C16H18N2O5S. The van der Waals surface area contributed by atoms with Crippen LogP contribution in [-0.4, -0.2) is 20.5 Å². The fraction of sp³-hybridized carbons (Fsp3) is 0.250. The van der Waals surface area contributed by atoms with Gasteiger partial charge in [0.1, 0.15) is 5.75 Å². The minimum atomic E-state index is -4.01. The van der Waals surface area contributed by atoms with E-state index in [4.69, 9.17) is 4.74 Å². The second-order valence-electron chi connectivity index (χ2n) is 5.45. The topological polar surface area (TPSA) is 98.5 Å². The molecule has 8 heteroatoms. The van der Waals surface area contributed by atoms with E-state index in [1.807, 2.05) is 6.92 Å². The predicted octanol–water partition coefficient (Wildman–Crippen LogP) is 3.33. The van der Waals surface area contributed by atoms with Gasteiger partial charge in [0.25, 0.3) is 15.7 Å². The summed E-state index contributed by atoms with van der Waals surface area (Å²) < 4.78 is 33.1. The summed E-state index contributed by atoms with van der Waals surface area (Å²) in [5.41, 5.74) is 1.84. The quantitative estimate of drug-likeness (QED) is 0.659. The molecule has 0 heterocycles. The molecule has 2 aromatic rings. The van der Waals surface area contributed by atoms with Crippen LogP contribution in [0.3, 0.4) is 0 Å². The molecule has 0 spiro atoms. The van der Waals surface area contributed by atoms with E-state index in [-0.39, 0.29) is 16.3 Å². The number of nitro benzene ring substituents is 1. The molecule has 0 unspecified atom stereocenters.